The second-order valence-corrected chi connectivity index (χ2v) is 4.77. The Hall–Kier alpha value is -2.00. The first-order valence-corrected chi connectivity index (χ1v) is 6.23. The second kappa shape index (κ2) is 6.81. The standard InChI is InChI=1S/C13H13BrN2O3/c1-3-4-10(12(17)18)15-13(19)16-11-7-9(14)6-5-8(11)2/h1,5-7,10H,4H2,2H3,(H,17,18)(H2,15,16,19). The molecule has 0 aromatic heterocycles. The summed E-state index contributed by atoms with van der Waals surface area (Å²) in [6.45, 7) is 1.83. The molecule has 0 saturated heterocycles. The number of carbonyl (C=O) groups is 2. The van der Waals surface area contributed by atoms with E-state index >= 15 is 0 Å². The summed E-state index contributed by atoms with van der Waals surface area (Å²) >= 11 is 3.29. The molecule has 1 rings (SSSR count). The van der Waals surface area contributed by atoms with Crippen LogP contribution < -0.4 is 10.6 Å². The monoisotopic (exact) mass is 324 g/mol. The number of amides is 2. The summed E-state index contributed by atoms with van der Waals surface area (Å²) in [5.41, 5.74) is 1.46. The van der Waals surface area contributed by atoms with Crippen LogP contribution in [0.5, 0.6) is 0 Å². The van der Waals surface area contributed by atoms with Crippen molar-refractivity contribution in [3.8, 4) is 12.3 Å². The molecule has 0 radical (unpaired) electrons. The Balaban J connectivity index is 2.72. The highest BCUT2D eigenvalue weighted by molar-refractivity contribution is 9.10. The fourth-order valence-electron chi connectivity index (χ4n) is 1.36. The molecule has 19 heavy (non-hydrogen) atoms. The van der Waals surface area contributed by atoms with Gasteiger partial charge in [0, 0.05) is 16.6 Å². The lowest BCUT2D eigenvalue weighted by atomic mass is 10.2. The molecule has 0 aliphatic heterocycles. The molecule has 6 heteroatoms. The zero-order valence-corrected chi connectivity index (χ0v) is 11.8. The van der Waals surface area contributed by atoms with Gasteiger partial charge in [0.15, 0.2) is 0 Å². The molecule has 3 N–H and O–H groups in total. The summed E-state index contributed by atoms with van der Waals surface area (Å²) in [7, 11) is 0. The molecule has 100 valence electrons. The van der Waals surface area contributed by atoms with Crippen LogP contribution in [-0.2, 0) is 4.79 Å². The molecular weight excluding hydrogens is 312 g/mol. The van der Waals surface area contributed by atoms with Gasteiger partial charge in [-0.3, -0.25) is 0 Å². The van der Waals surface area contributed by atoms with Gasteiger partial charge in [-0.1, -0.05) is 22.0 Å². The molecule has 0 saturated carbocycles. The van der Waals surface area contributed by atoms with Gasteiger partial charge in [0.25, 0.3) is 0 Å². The van der Waals surface area contributed by atoms with Crippen molar-refractivity contribution >= 4 is 33.6 Å². The van der Waals surface area contributed by atoms with Crippen LogP contribution in [0.25, 0.3) is 0 Å². The number of hydrogen-bond acceptors (Lipinski definition) is 2. The average molecular weight is 325 g/mol. The number of halogens is 1. The highest BCUT2D eigenvalue weighted by Crippen LogP contribution is 2.20. The van der Waals surface area contributed by atoms with Crippen molar-refractivity contribution in [2.24, 2.45) is 0 Å². The maximum Gasteiger partial charge on any atom is 0.327 e. The zero-order valence-electron chi connectivity index (χ0n) is 10.2. The van der Waals surface area contributed by atoms with Gasteiger partial charge in [-0.15, -0.1) is 12.3 Å². The molecule has 0 aliphatic rings. The SMILES string of the molecule is C#CCC(NC(=O)Nc1cc(Br)ccc1C)C(=O)O. The molecule has 1 aromatic carbocycles. The first kappa shape index (κ1) is 15.1. The van der Waals surface area contributed by atoms with Gasteiger partial charge in [0.05, 0.1) is 0 Å². The fourth-order valence-corrected chi connectivity index (χ4v) is 1.72. The summed E-state index contributed by atoms with van der Waals surface area (Å²) in [6.07, 6.45) is 4.98. The number of aryl methyl sites for hydroxylation is 1. The van der Waals surface area contributed by atoms with Gasteiger partial charge in [0.1, 0.15) is 6.04 Å². The highest BCUT2D eigenvalue weighted by atomic mass is 79.9. The number of carboxylic acid groups (broad SMARTS) is 1. The third-order valence-electron chi connectivity index (χ3n) is 2.37. The number of rotatable bonds is 4. The largest absolute Gasteiger partial charge is 0.480 e. The smallest absolute Gasteiger partial charge is 0.327 e. The van der Waals surface area contributed by atoms with Crippen molar-refractivity contribution in [1.29, 1.82) is 0 Å². The lowest BCUT2D eigenvalue weighted by Crippen LogP contribution is -2.42. The van der Waals surface area contributed by atoms with Gasteiger partial charge in [-0.05, 0) is 24.6 Å². The summed E-state index contributed by atoms with van der Waals surface area (Å²) < 4.78 is 0.812. The number of urea groups is 1. The Morgan fingerprint density at radius 1 is 1.53 bits per heavy atom. The Bertz CT molecular complexity index is 537. The topological polar surface area (TPSA) is 78.4 Å². The summed E-state index contributed by atoms with van der Waals surface area (Å²) in [4.78, 5) is 22.5. The third-order valence-corrected chi connectivity index (χ3v) is 2.87. The van der Waals surface area contributed by atoms with E-state index in [4.69, 9.17) is 11.5 Å². The van der Waals surface area contributed by atoms with E-state index in [-0.39, 0.29) is 6.42 Å². The highest BCUT2D eigenvalue weighted by Gasteiger charge is 2.18. The predicted molar refractivity (Wildman–Crippen MR) is 75.9 cm³/mol. The van der Waals surface area contributed by atoms with Crippen molar-refractivity contribution in [3.63, 3.8) is 0 Å². The number of aliphatic carboxylic acids is 1. The summed E-state index contributed by atoms with van der Waals surface area (Å²) in [5.74, 6) is 1.04. The number of carbonyl (C=O) groups excluding carboxylic acids is 1. The van der Waals surface area contributed by atoms with Gasteiger partial charge >= 0.3 is 12.0 Å². The van der Waals surface area contributed by atoms with Crippen LogP contribution in [0.15, 0.2) is 22.7 Å². The number of carboxylic acids is 1. The van der Waals surface area contributed by atoms with E-state index in [0.29, 0.717) is 5.69 Å². The molecule has 5 nitrogen and oxygen atoms in total. The van der Waals surface area contributed by atoms with Gasteiger partial charge < -0.3 is 15.7 Å². The van der Waals surface area contributed by atoms with Crippen molar-refractivity contribution in [3.05, 3.63) is 28.2 Å². The van der Waals surface area contributed by atoms with Crippen LogP contribution in [0.4, 0.5) is 10.5 Å². The van der Waals surface area contributed by atoms with E-state index < -0.39 is 18.0 Å². The molecule has 0 heterocycles. The number of anilines is 1. The normalized spacial score (nSPS) is 11.2. The number of benzene rings is 1. The second-order valence-electron chi connectivity index (χ2n) is 3.86. The number of terminal acetylenes is 1. The van der Waals surface area contributed by atoms with E-state index in [9.17, 15) is 9.59 Å². The molecule has 0 aliphatic carbocycles. The van der Waals surface area contributed by atoms with E-state index in [2.05, 4.69) is 32.5 Å². The fraction of sp³-hybridized carbons (Fsp3) is 0.231. The average Bonchev–Trinajstić information content (AvgIpc) is 2.33. The number of hydrogen-bond donors (Lipinski definition) is 3. The van der Waals surface area contributed by atoms with Crippen molar-refractivity contribution < 1.29 is 14.7 Å². The summed E-state index contributed by atoms with van der Waals surface area (Å²) in [5, 5.41) is 13.8. The lowest BCUT2D eigenvalue weighted by molar-refractivity contribution is -0.139. The third kappa shape index (κ3) is 4.64. The molecule has 1 atom stereocenters. The first-order valence-electron chi connectivity index (χ1n) is 5.44. The van der Waals surface area contributed by atoms with Crippen LogP contribution in [-0.4, -0.2) is 23.1 Å². The van der Waals surface area contributed by atoms with Crippen molar-refractivity contribution in [2.45, 2.75) is 19.4 Å². The maximum atomic E-state index is 11.7. The van der Waals surface area contributed by atoms with Crippen molar-refractivity contribution in [2.75, 3.05) is 5.32 Å². The molecule has 1 aromatic rings. The Morgan fingerprint density at radius 3 is 2.79 bits per heavy atom. The van der Waals surface area contributed by atoms with Crippen LogP contribution in [0.1, 0.15) is 12.0 Å². The number of nitrogens with one attached hydrogen (secondary N) is 2. The van der Waals surface area contributed by atoms with Crippen molar-refractivity contribution in [1.82, 2.24) is 5.32 Å². The maximum absolute atomic E-state index is 11.7. The Kier molecular flexibility index (Phi) is 5.39. The van der Waals surface area contributed by atoms with Crippen LogP contribution >= 0.6 is 15.9 Å². The molecule has 0 spiro atoms. The minimum atomic E-state index is -1.17. The molecule has 0 bridgehead atoms. The Morgan fingerprint density at radius 2 is 2.21 bits per heavy atom. The van der Waals surface area contributed by atoms with Crippen LogP contribution in [0.2, 0.25) is 0 Å². The van der Waals surface area contributed by atoms with E-state index in [1.54, 1.807) is 6.07 Å². The lowest BCUT2D eigenvalue weighted by Gasteiger charge is -2.14. The van der Waals surface area contributed by atoms with Gasteiger partial charge in [0.2, 0.25) is 0 Å². The van der Waals surface area contributed by atoms with Gasteiger partial charge in [-0.25, -0.2) is 9.59 Å². The zero-order chi connectivity index (χ0) is 14.4. The molecule has 0 fully saturated rings. The van der Waals surface area contributed by atoms with Gasteiger partial charge in [-0.2, -0.15) is 0 Å². The quantitative estimate of drug-likeness (QED) is 0.744. The van der Waals surface area contributed by atoms with E-state index in [1.807, 2.05) is 19.1 Å². The molecule has 1 unspecified atom stereocenters. The molecular formula is C13H13BrN2O3. The van der Waals surface area contributed by atoms with Crippen LogP contribution in [0, 0.1) is 19.3 Å². The van der Waals surface area contributed by atoms with E-state index in [1.165, 1.54) is 0 Å². The van der Waals surface area contributed by atoms with E-state index in [0.717, 1.165) is 10.0 Å². The predicted octanol–water partition coefficient (Wildman–Crippen LogP) is 2.36. The summed E-state index contributed by atoms with van der Waals surface area (Å²) in [6, 6.07) is 3.69. The minimum Gasteiger partial charge on any atom is -0.480 e. The first-order chi connectivity index (χ1) is 8.93. The van der Waals surface area contributed by atoms with Crippen LogP contribution in [0.3, 0.4) is 0 Å². The minimum absolute atomic E-state index is 0.0692. The Labute approximate surface area is 119 Å². The molecule has 2 amide bonds.